The third kappa shape index (κ3) is 5.55. The number of ether oxygens (including phenoxy) is 1. The molecule has 0 aliphatic carbocycles. The van der Waals surface area contributed by atoms with Crippen molar-refractivity contribution in [2.75, 3.05) is 51.2 Å². The zero-order valence-electron chi connectivity index (χ0n) is 16.3. The zero-order valence-corrected chi connectivity index (χ0v) is 16.3. The number of nitrogens with zero attached hydrogens (tertiary/aromatic N) is 3. The number of amides is 1. The van der Waals surface area contributed by atoms with Crippen LogP contribution in [-0.2, 0) is 4.79 Å². The van der Waals surface area contributed by atoms with Gasteiger partial charge >= 0.3 is 0 Å². The Labute approximate surface area is 160 Å². The van der Waals surface area contributed by atoms with Crippen LogP contribution in [0.1, 0.15) is 16.9 Å². The highest BCUT2D eigenvalue weighted by Crippen LogP contribution is 2.22. The number of piperazine rings is 1. The highest BCUT2D eigenvalue weighted by Gasteiger charge is 2.19. The van der Waals surface area contributed by atoms with Crippen LogP contribution < -0.4 is 10.1 Å². The van der Waals surface area contributed by atoms with Crippen LogP contribution >= 0.6 is 0 Å². The number of para-hydroxylation sites is 1. The van der Waals surface area contributed by atoms with Crippen molar-refractivity contribution in [3.05, 3.63) is 41.2 Å². The number of aromatic nitrogens is 1. The SMILES string of the molecule is Cc1cc(NC(=O)CN2CCN(CCOc3c(C)cccc3C)CC2)no1. The summed E-state index contributed by atoms with van der Waals surface area (Å²) in [6.07, 6.45) is 0. The van der Waals surface area contributed by atoms with Crippen molar-refractivity contribution in [2.24, 2.45) is 0 Å². The van der Waals surface area contributed by atoms with E-state index in [0.717, 1.165) is 38.5 Å². The quantitative estimate of drug-likeness (QED) is 0.804. The molecule has 1 aromatic heterocycles. The lowest BCUT2D eigenvalue weighted by Crippen LogP contribution is -2.49. The lowest BCUT2D eigenvalue weighted by atomic mass is 10.1. The van der Waals surface area contributed by atoms with E-state index in [1.165, 1.54) is 11.1 Å². The van der Waals surface area contributed by atoms with Gasteiger partial charge in [0.05, 0.1) is 6.54 Å². The third-order valence-electron chi connectivity index (χ3n) is 4.79. The first-order chi connectivity index (χ1) is 13.0. The van der Waals surface area contributed by atoms with E-state index in [1.54, 1.807) is 13.0 Å². The molecule has 146 valence electrons. The Morgan fingerprint density at radius 3 is 2.44 bits per heavy atom. The summed E-state index contributed by atoms with van der Waals surface area (Å²) in [5.41, 5.74) is 2.35. The number of benzene rings is 1. The second-order valence-corrected chi connectivity index (χ2v) is 7.06. The van der Waals surface area contributed by atoms with Crippen LogP contribution in [0.4, 0.5) is 5.82 Å². The standard InChI is InChI=1S/C20H28N4O3/c1-15-5-4-6-16(2)20(15)26-12-11-23-7-9-24(10-8-23)14-19(25)21-18-13-17(3)27-22-18/h4-6,13H,7-12,14H2,1-3H3,(H,21,22,25). The number of nitrogens with one attached hydrogen (secondary N) is 1. The number of anilines is 1. The van der Waals surface area contributed by atoms with Crippen LogP contribution in [0.3, 0.4) is 0 Å². The second-order valence-electron chi connectivity index (χ2n) is 7.06. The van der Waals surface area contributed by atoms with E-state index < -0.39 is 0 Å². The van der Waals surface area contributed by atoms with E-state index in [0.29, 0.717) is 24.7 Å². The second kappa shape index (κ2) is 9.01. The zero-order chi connectivity index (χ0) is 19.2. The van der Waals surface area contributed by atoms with Gasteiger partial charge in [-0.05, 0) is 31.9 Å². The van der Waals surface area contributed by atoms with E-state index in [9.17, 15) is 4.79 Å². The van der Waals surface area contributed by atoms with Gasteiger partial charge in [-0.25, -0.2) is 0 Å². The number of hydrogen-bond donors (Lipinski definition) is 1. The highest BCUT2D eigenvalue weighted by molar-refractivity contribution is 5.91. The molecule has 0 unspecified atom stereocenters. The maximum Gasteiger partial charge on any atom is 0.239 e. The molecule has 2 heterocycles. The van der Waals surface area contributed by atoms with Crippen LogP contribution in [0.2, 0.25) is 0 Å². The molecular weight excluding hydrogens is 344 g/mol. The molecular formula is C20H28N4O3. The Balaban J connectivity index is 1.36. The topological polar surface area (TPSA) is 70.8 Å². The fourth-order valence-electron chi connectivity index (χ4n) is 3.29. The first-order valence-electron chi connectivity index (χ1n) is 9.38. The largest absolute Gasteiger partial charge is 0.492 e. The number of hydrogen-bond acceptors (Lipinski definition) is 6. The average Bonchev–Trinajstić information content (AvgIpc) is 3.03. The van der Waals surface area contributed by atoms with Crippen molar-refractivity contribution in [1.82, 2.24) is 15.0 Å². The summed E-state index contributed by atoms with van der Waals surface area (Å²) in [6, 6.07) is 7.92. The summed E-state index contributed by atoms with van der Waals surface area (Å²) in [4.78, 5) is 16.6. The van der Waals surface area contributed by atoms with Gasteiger partial charge < -0.3 is 14.6 Å². The molecule has 0 bridgehead atoms. The first kappa shape index (κ1) is 19.4. The van der Waals surface area contributed by atoms with Crippen molar-refractivity contribution in [2.45, 2.75) is 20.8 Å². The van der Waals surface area contributed by atoms with E-state index in [2.05, 4.69) is 52.3 Å². The molecule has 7 nitrogen and oxygen atoms in total. The lowest BCUT2D eigenvalue weighted by Gasteiger charge is -2.34. The Morgan fingerprint density at radius 2 is 1.81 bits per heavy atom. The molecule has 1 aliphatic rings. The molecule has 27 heavy (non-hydrogen) atoms. The molecule has 1 aliphatic heterocycles. The molecule has 1 fully saturated rings. The fraction of sp³-hybridized carbons (Fsp3) is 0.500. The van der Waals surface area contributed by atoms with Gasteiger partial charge in [0.2, 0.25) is 5.91 Å². The van der Waals surface area contributed by atoms with Crippen molar-refractivity contribution in [1.29, 1.82) is 0 Å². The number of rotatable bonds is 7. The molecule has 2 aromatic rings. The summed E-state index contributed by atoms with van der Waals surface area (Å²) >= 11 is 0. The van der Waals surface area contributed by atoms with E-state index in [-0.39, 0.29) is 5.91 Å². The lowest BCUT2D eigenvalue weighted by molar-refractivity contribution is -0.117. The summed E-state index contributed by atoms with van der Waals surface area (Å²) in [5.74, 6) is 2.09. The summed E-state index contributed by atoms with van der Waals surface area (Å²) in [6.45, 7) is 11.5. The molecule has 3 rings (SSSR count). The minimum Gasteiger partial charge on any atom is -0.492 e. The summed E-state index contributed by atoms with van der Waals surface area (Å²) in [7, 11) is 0. The van der Waals surface area contributed by atoms with Crippen LogP contribution in [-0.4, -0.2) is 66.7 Å². The fourth-order valence-corrected chi connectivity index (χ4v) is 3.29. The van der Waals surface area contributed by atoms with Crippen molar-refractivity contribution in [3.63, 3.8) is 0 Å². The van der Waals surface area contributed by atoms with Gasteiger partial charge in [0.1, 0.15) is 18.1 Å². The van der Waals surface area contributed by atoms with Crippen molar-refractivity contribution >= 4 is 11.7 Å². The smallest absolute Gasteiger partial charge is 0.239 e. The number of aryl methyl sites for hydroxylation is 3. The molecule has 0 spiro atoms. The third-order valence-corrected chi connectivity index (χ3v) is 4.79. The molecule has 1 aromatic carbocycles. The minimum absolute atomic E-state index is 0.0601. The monoisotopic (exact) mass is 372 g/mol. The molecule has 0 saturated carbocycles. The summed E-state index contributed by atoms with van der Waals surface area (Å²) in [5, 5.41) is 6.55. The van der Waals surface area contributed by atoms with E-state index >= 15 is 0 Å². The molecule has 1 saturated heterocycles. The molecule has 1 amide bonds. The molecule has 0 atom stereocenters. The summed E-state index contributed by atoms with van der Waals surface area (Å²) < 4.78 is 11.0. The maximum atomic E-state index is 12.1. The van der Waals surface area contributed by atoms with Gasteiger partial charge in [0, 0.05) is 38.8 Å². The van der Waals surface area contributed by atoms with Crippen LogP contribution in [0.25, 0.3) is 0 Å². The Kier molecular flexibility index (Phi) is 6.47. The van der Waals surface area contributed by atoms with E-state index in [1.807, 2.05) is 0 Å². The number of carbonyl (C=O) groups is 1. The van der Waals surface area contributed by atoms with Gasteiger partial charge in [0.15, 0.2) is 5.82 Å². The Hall–Kier alpha value is -2.38. The molecule has 1 N–H and O–H groups in total. The van der Waals surface area contributed by atoms with Gasteiger partial charge in [0.25, 0.3) is 0 Å². The van der Waals surface area contributed by atoms with Crippen LogP contribution in [0.5, 0.6) is 5.75 Å². The van der Waals surface area contributed by atoms with Crippen molar-refractivity contribution in [3.8, 4) is 5.75 Å². The Morgan fingerprint density at radius 1 is 1.15 bits per heavy atom. The number of carbonyl (C=O) groups excluding carboxylic acids is 1. The van der Waals surface area contributed by atoms with Gasteiger partial charge in [-0.1, -0.05) is 23.4 Å². The highest BCUT2D eigenvalue weighted by atomic mass is 16.5. The average molecular weight is 372 g/mol. The maximum absolute atomic E-state index is 12.1. The van der Waals surface area contributed by atoms with Crippen molar-refractivity contribution < 1.29 is 14.1 Å². The predicted molar refractivity (Wildman–Crippen MR) is 104 cm³/mol. The first-order valence-corrected chi connectivity index (χ1v) is 9.38. The van der Waals surface area contributed by atoms with E-state index in [4.69, 9.17) is 9.26 Å². The predicted octanol–water partition coefficient (Wildman–Crippen LogP) is 2.23. The van der Waals surface area contributed by atoms with Crippen LogP contribution in [0, 0.1) is 20.8 Å². The van der Waals surface area contributed by atoms with Gasteiger partial charge in [-0.15, -0.1) is 0 Å². The van der Waals surface area contributed by atoms with Crippen LogP contribution in [0.15, 0.2) is 28.8 Å². The van der Waals surface area contributed by atoms with Gasteiger partial charge in [-0.2, -0.15) is 0 Å². The molecule has 0 radical (unpaired) electrons. The minimum atomic E-state index is -0.0601. The normalized spacial score (nSPS) is 15.7. The molecule has 7 heteroatoms. The van der Waals surface area contributed by atoms with Gasteiger partial charge in [-0.3, -0.25) is 14.6 Å². The Bertz CT molecular complexity index is 746.